The Kier molecular flexibility index (Phi) is 3.84. The standard InChI is InChI=1S/C12H24N2O2/c1-11(2,3)16-10(15)14-7-9-6-13-8-12(9,4)5/h9,13H,6-8H2,1-5H3,(H,14,15)/t9-/m1/s1. The largest absolute Gasteiger partial charge is 0.444 e. The van der Waals surface area contributed by atoms with Crippen LogP contribution >= 0.6 is 0 Å². The molecule has 0 spiro atoms. The van der Waals surface area contributed by atoms with Crippen LogP contribution in [0, 0.1) is 11.3 Å². The van der Waals surface area contributed by atoms with Gasteiger partial charge in [-0.2, -0.15) is 0 Å². The van der Waals surface area contributed by atoms with E-state index >= 15 is 0 Å². The third-order valence-corrected chi connectivity index (χ3v) is 2.97. The van der Waals surface area contributed by atoms with Crippen molar-refractivity contribution in [3.05, 3.63) is 0 Å². The highest BCUT2D eigenvalue weighted by Gasteiger charge is 2.34. The molecule has 1 fully saturated rings. The predicted octanol–water partition coefficient (Wildman–Crippen LogP) is 1.76. The first kappa shape index (κ1) is 13.3. The SMILES string of the molecule is CC(C)(C)OC(=O)NC[C@H]1CNCC1(C)C. The van der Waals surface area contributed by atoms with E-state index in [-0.39, 0.29) is 11.5 Å². The average molecular weight is 228 g/mol. The summed E-state index contributed by atoms with van der Waals surface area (Å²) in [5.41, 5.74) is -0.178. The molecule has 0 unspecified atom stereocenters. The van der Waals surface area contributed by atoms with Crippen molar-refractivity contribution in [2.75, 3.05) is 19.6 Å². The number of alkyl carbamates (subject to hydrolysis) is 1. The van der Waals surface area contributed by atoms with Gasteiger partial charge in [0, 0.05) is 19.6 Å². The number of rotatable bonds is 2. The Labute approximate surface area is 98.1 Å². The minimum Gasteiger partial charge on any atom is -0.444 e. The number of amides is 1. The van der Waals surface area contributed by atoms with Gasteiger partial charge in [-0.25, -0.2) is 4.79 Å². The number of carbonyl (C=O) groups is 1. The molecule has 0 radical (unpaired) electrons. The van der Waals surface area contributed by atoms with Crippen molar-refractivity contribution in [1.29, 1.82) is 0 Å². The number of hydrogen-bond acceptors (Lipinski definition) is 3. The Morgan fingerprint density at radius 3 is 2.56 bits per heavy atom. The Bertz CT molecular complexity index is 256. The first-order valence-corrected chi connectivity index (χ1v) is 5.88. The molecule has 0 aliphatic carbocycles. The predicted molar refractivity (Wildman–Crippen MR) is 64.4 cm³/mol. The molecule has 0 aromatic rings. The molecule has 1 saturated heterocycles. The van der Waals surface area contributed by atoms with Crippen LogP contribution in [0.1, 0.15) is 34.6 Å². The summed E-state index contributed by atoms with van der Waals surface area (Å²) < 4.78 is 5.20. The van der Waals surface area contributed by atoms with Crippen LogP contribution in [-0.2, 0) is 4.74 Å². The lowest BCUT2D eigenvalue weighted by molar-refractivity contribution is 0.0511. The molecule has 1 aliphatic rings. The van der Waals surface area contributed by atoms with E-state index in [1.807, 2.05) is 20.8 Å². The van der Waals surface area contributed by atoms with Gasteiger partial charge < -0.3 is 15.4 Å². The fraction of sp³-hybridized carbons (Fsp3) is 0.917. The summed E-state index contributed by atoms with van der Waals surface area (Å²) in [6.45, 7) is 12.7. The zero-order chi connectivity index (χ0) is 12.4. The molecule has 1 amide bonds. The van der Waals surface area contributed by atoms with Gasteiger partial charge in [-0.3, -0.25) is 0 Å². The maximum absolute atomic E-state index is 11.5. The van der Waals surface area contributed by atoms with Crippen LogP contribution in [0.4, 0.5) is 4.79 Å². The van der Waals surface area contributed by atoms with Crippen molar-refractivity contribution in [3.8, 4) is 0 Å². The lowest BCUT2D eigenvalue weighted by atomic mass is 9.82. The van der Waals surface area contributed by atoms with E-state index in [9.17, 15) is 4.79 Å². The van der Waals surface area contributed by atoms with Gasteiger partial charge in [-0.15, -0.1) is 0 Å². The molecule has 4 heteroatoms. The topological polar surface area (TPSA) is 50.4 Å². The maximum Gasteiger partial charge on any atom is 0.407 e. The quantitative estimate of drug-likeness (QED) is 0.757. The van der Waals surface area contributed by atoms with E-state index in [0.717, 1.165) is 13.1 Å². The molecule has 1 aliphatic heterocycles. The summed E-state index contributed by atoms with van der Waals surface area (Å²) in [7, 11) is 0. The second-order valence-electron chi connectivity index (χ2n) is 6.20. The molecule has 1 rings (SSSR count). The zero-order valence-corrected chi connectivity index (χ0v) is 11.0. The third-order valence-electron chi connectivity index (χ3n) is 2.97. The molecule has 94 valence electrons. The van der Waals surface area contributed by atoms with Crippen LogP contribution in [0.5, 0.6) is 0 Å². The van der Waals surface area contributed by atoms with Crippen molar-refractivity contribution in [2.24, 2.45) is 11.3 Å². The second kappa shape index (κ2) is 4.62. The molecule has 1 heterocycles. The van der Waals surface area contributed by atoms with Crippen LogP contribution in [0.25, 0.3) is 0 Å². The number of carbonyl (C=O) groups excluding carboxylic acids is 1. The third kappa shape index (κ3) is 4.00. The Morgan fingerprint density at radius 2 is 2.12 bits per heavy atom. The van der Waals surface area contributed by atoms with Gasteiger partial charge in [0.05, 0.1) is 0 Å². The number of ether oxygens (including phenoxy) is 1. The smallest absolute Gasteiger partial charge is 0.407 e. The summed E-state index contributed by atoms with van der Waals surface area (Å²) >= 11 is 0. The Hall–Kier alpha value is -0.770. The van der Waals surface area contributed by atoms with E-state index in [4.69, 9.17) is 4.74 Å². The van der Waals surface area contributed by atoms with Crippen LogP contribution in [-0.4, -0.2) is 31.3 Å². The molecule has 0 aromatic carbocycles. The maximum atomic E-state index is 11.5. The minimum absolute atomic E-state index is 0.245. The lowest BCUT2D eigenvalue weighted by Gasteiger charge is -2.26. The molecular formula is C12H24N2O2. The molecular weight excluding hydrogens is 204 g/mol. The van der Waals surface area contributed by atoms with Gasteiger partial charge in [0.25, 0.3) is 0 Å². The van der Waals surface area contributed by atoms with Crippen LogP contribution in [0.15, 0.2) is 0 Å². The van der Waals surface area contributed by atoms with Crippen molar-refractivity contribution >= 4 is 6.09 Å². The summed E-state index contributed by atoms with van der Waals surface area (Å²) in [6.07, 6.45) is -0.324. The first-order chi connectivity index (χ1) is 7.21. The molecule has 4 nitrogen and oxygen atoms in total. The van der Waals surface area contributed by atoms with E-state index in [1.54, 1.807) is 0 Å². The number of hydrogen-bond donors (Lipinski definition) is 2. The van der Waals surface area contributed by atoms with E-state index < -0.39 is 5.60 Å². The Balaban J connectivity index is 2.32. The van der Waals surface area contributed by atoms with Gasteiger partial charge in [0.2, 0.25) is 0 Å². The first-order valence-electron chi connectivity index (χ1n) is 5.88. The van der Waals surface area contributed by atoms with Crippen molar-refractivity contribution in [1.82, 2.24) is 10.6 Å². The van der Waals surface area contributed by atoms with Gasteiger partial charge in [-0.05, 0) is 32.1 Å². The average Bonchev–Trinajstić information content (AvgIpc) is 2.38. The highest BCUT2D eigenvalue weighted by Crippen LogP contribution is 2.29. The van der Waals surface area contributed by atoms with E-state index in [1.165, 1.54) is 0 Å². The van der Waals surface area contributed by atoms with Gasteiger partial charge in [0.1, 0.15) is 5.60 Å². The van der Waals surface area contributed by atoms with Crippen LogP contribution in [0.2, 0.25) is 0 Å². The second-order valence-corrected chi connectivity index (χ2v) is 6.20. The van der Waals surface area contributed by atoms with Crippen molar-refractivity contribution < 1.29 is 9.53 Å². The minimum atomic E-state index is -0.423. The molecule has 0 aromatic heterocycles. The number of nitrogens with one attached hydrogen (secondary N) is 2. The molecule has 1 atom stereocenters. The summed E-state index contributed by atoms with van der Waals surface area (Å²) in [5.74, 6) is 0.472. The fourth-order valence-electron chi connectivity index (χ4n) is 1.86. The lowest BCUT2D eigenvalue weighted by Crippen LogP contribution is -2.38. The molecule has 0 saturated carbocycles. The van der Waals surface area contributed by atoms with Crippen molar-refractivity contribution in [3.63, 3.8) is 0 Å². The molecule has 16 heavy (non-hydrogen) atoms. The van der Waals surface area contributed by atoms with Gasteiger partial charge >= 0.3 is 6.09 Å². The van der Waals surface area contributed by atoms with Crippen LogP contribution in [0.3, 0.4) is 0 Å². The zero-order valence-electron chi connectivity index (χ0n) is 11.0. The summed E-state index contributed by atoms with van der Waals surface area (Å²) in [6, 6.07) is 0. The highest BCUT2D eigenvalue weighted by molar-refractivity contribution is 5.67. The summed E-state index contributed by atoms with van der Waals surface area (Å²) in [5, 5.41) is 6.18. The summed E-state index contributed by atoms with van der Waals surface area (Å²) in [4.78, 5) is 11.5. The van der Waals surface area contributed by atoms with Gasteiger partial charge in [0.15, 0.2) is 0 Å². The monoisotopic (exact) mass is 228 g/mol. The van der Waals surface area contributed by atoms with E-state index in [2.05, 4.69) is 24.5 Å². The van der Waals surface area contributed by atoms with Crippen LogP contribution < -0.4 is 10.6 Å². The van der Waals surface area contributed by atoms with Gasteiger partial charge in [-0.1, -0.05) is 13.8 Å². The van der Waals surface area contributed by atoms with E-state index in [0.29, 0.717) is 12.5 Å². The Morgan fingerprint density at radius 1 is 1.50 bits per heavy atom. The molecule has 0 bridgehead atoms. The highest BCUT2D eigenvalue weighted by atomic mass is 16.6. The molecule has 2 N–H and O–H groups in total. The fourth-order valence-corrected chi connectivity index (χ4v) is 1.86. The van der Waals surface area contributed by atoms with Crippen molar-refractivity contribution in [2.45, 2.75) is 40.2 Å². The normalized spacial score (nSPS) is 24.2.